The van der Waals surface area contributed by atoms with Crippen LogP contribution in [0, 0.1) is 5.41 Å². The molecule has 1 unspecified atom stereocenters. The van der Waals surface area contributed by atoms with Gasteiger partial charge in [0.05, 0.1) is 0 Å². The van der Waals surface area contributed by atoms with E-state index in [0.717, 1.165) is 0 Å². The smallest absolute Gasteiger partial charge is 0.0103 e. The average molecular weight is 162 g/mol. The standard InChI is InChI=1S/C12H18/c1-5-12(4)9-7-6-8-11(12)10(2)3/h5-6,8H,1,7,9H2,2-4H3. The maximum atomic E-state index is 3.92. The summed E-state index contributed by atoms with van der Waals surface area (Å²) in [7, 11) is 0. The lowest BCUT2D eigenvalue weighted by atomic mass is 9.73. The fraction of sp³-hybridized carbons (Fsp3) is 0.500. The van der Waals surface area contributed by atoms with Crippen molar-refractivity contribution in [1.82, 2.24) is 0 Å². The van der Waals surface area contributed by atoms with Gasteiger partial charge in [0.1, 0.15) is 0 Å². The summed E-state index contributed by atoms with van der Waals surface area (Å²) in [6.07, 6.45) is 8.97. The summed E-state index contributed by atoms with van der Waals surface area (Å²) in [5, 5.41) is 0. The third-order valence-corrected chi connectivity index (χ3v) is 2.72. The highest BCUT2D eigenvalue weighted by atomic mass is 14.3. The van der Waals surface area contributed by atoms with E-state index >= 15 is 0 Å². The van der Waals surface area contributed by atoms with Gasteiger partial charge < -0.3 is 0 Å². The van der Waals surface area contributed by atoms with E-state index in [2.05, 4.69) is 45.6 Å². The van der Waals surface area contributed by atoms with Crippen molar-refractivity contribution in [1.29, 1.82) is 0 Å². The molecule has 0 N–H and O–H groups in total. The summed E-state index contributed by atoms with van der Waals surface area (Å²) in [5.41, 5.74) is 3.07. The number of hydrogen-bond donors (Lipinski definition) is 0. The Labute approximate surface area is 75.7 Å². The van der Waals surface area contributed by atoms with Gasteiger partial charge in [-0.2, -0.15) is 0 Å². The maximum absolute atomic E-state index is 3.92. The zero-order valence-corrected chi connectivity index (χ0v) is 8.35. The fourth-order valence-corrected chi connectivity index (χ4v) is 1.86. The number of rotatable bonds is 1. The highest BCUT2D eigenvalue weighted by molar-refractivity contribution is 5.36. The molecular weight excluding hydrogens is 144 g/mol. The number of allylic oxidation sites excluding steroid dienone is 5. The van der Waals surface area contributed by atoms with Gasteiger partial charge in [0.15, 0.2) is 0 Å². The van der Waals surface area contributed by atoms with Crippen LogP contribution in [0.1, 0.15) is 33.6 Å². The highest BCUT2D eigenvalue weighted by Crippen LogP contribution is 2.39. The maximum Gasteiger partial charge on any atom is 0.0103 e. The molecule has 0 heteroatoms. The minimum Gasteiger partial charge on any atom is -0.102 e. The van der Waals surface area contributed by atoms with Gasteiger partial charge in [0.25, 0.3) is 0 Å². The Kier molecular flexibility index (Phi) is 2.56. The van der Waals surface area contributed by atoms with Gasteiger partial charge in [-0.05, 0) is 32.3 Å². The Morgan fingerprint density at radius 2 is 2.25 bits per heavy atom. The van der Waals surface area contributed by atoms with Crippen LogP contribution in [0.15, 0.2) is 36.0 Å². The van der Waals surface area contributed by atoms with Crippen molar-refractivity contribution in [3.05, 3.63) is 36.0 Å². The molecule has 1 aliphatic carbocycles. The second-order valence-corrected chi connectivity index (χ2v) is 3.98. The molecule has 0 aromatic heterocycles. The molecule has 0 fully saturated rings. The van der Waals surface area contributed by atoms with Crippen LogP contribution in [0.5, 0.6) is 0 Å². The first kappa shape index (κ1) is 9.31. The fourth-order valence-electron chi connectivity index (χ4n) is 1.86. The molecule has 0 bridgehead atoms. The zero-order chi connectivity index (χ0) is 9.19. The first-order chi connectivity index (χ1) is 5.60. The van der Waals surface area contributed by atoms with Crippen molar-refractivity contribution < 1.29 is 0 Å². The van der Waals surface area contributed by atoms with Crippen molar-refractivity contribution in [3.8, 4) is 0 Å². The molecule has 0 heterocycles. The average Bonchev–Trinajstić information content (AvgIpc) is 2.05. The molecule has 0 amide bonds. The Hall–Kier alpha value is -0.780. The summed E-state index contributed by atoms with van der Waals surface area (Å²) in [6, 6.07) is 0. The zero-order valence-electron chi connectivity index (χ0n) is 8.35. The molecule has 0 spiro atoms. The lowest BCUT2D eigenvalue weighted by molar-refractivity contribution is 0.468. The molecule has 1 rings (SSSR count). The van der Waals surface area contributed by atoms with Gasteiger partial charge in [-0.1, -0.05) is 30.7 Å². The summed E-state index contributed by atoms with van der Waals surface area (Å²) >= 11 is 0. The second kappa shape index (κ2) is 3.30. The van der Waals surface area contributed by atoms with Crippen LogP contribution in [0.2, 0.25) is 0 Å². The van der Waals surface area contributed by atoms with E-state index in [-0.39, 0.29) is 5.41 Å². The van der Waals surface area contributed by atoms with Crippen LogP contribution in [0.3, 0.4) is 0 Å². The SMILES string of the molecule is C=CC1(C)CCC=CC1=C(C)C. The molecule has 0 radical (unpaired) electrons. The molecule has 1 atom stereocenters. The molecule has 0 aliphatic heterocycles. The molecule has 1 aliphatic rings. The highest BCUT2D eigenvalue weighted by Gasteiger charge is 2.25. The van der Waals surface area contributed by atoms with E-state index in [0.29, 0.717) is 0 Å². The van der Waals surface area contributed by atoms with Crippen molar-refractivity contribution in [2.24, 2.45) is 5.41 Å². The van der Waals surface area contributed by atoms with Crippen LogP contribution in [-0.2, 0) is 0 Å². The summed E-state index contributed by atoms with van der Waals surface area (Å²) in [6.45, 7) is 10.5. The van der Waals surface area contributed by atoms with Gasteiger partial charge in [-0.3, -0.25) is 0 Å². The molecule has 0 aromatic carbocycles. The Morgan fingerprint density at radius 3 is 2.67 bits per heavy atom. The quantitative estimate of drug-likeness (QED) is 0.513. The molecular formula is C12H18. The third kappa shape index (κ3) is 1.52. The Bertz CT molecular complexity index is 239. The van der Waals surface area contributed by atoms with Gasteiger partial charge in [-0.15, -0.1) is 6.58 Å². The van der Waals surface area contributed by atoms with Crippen LogP contribution in [0.4, 0.5) is 0 Å². The largest absolute Gasteiger partial charge is 0.102 e. The van der Waals surface area contributed by atoms with Gasteiger partial charge in [0, 0.05) is 5.41 Å². The normalized spacial score (nSPS) is 28.8. The van der Waals surface area contributed by atoms with E-state index < -0.39 is 0 Å². The molecule has 0 nitrogen and oxygen atoms in total. The van der Waals surface area contributed by atoms with Crippen molar-refractivity contribution in [2.45, 2.75) is 33.6 Å². The summed E-state index contributed by atoms with van der Waals surface area (Å²) < 4.78 is 0. The summed E-state index contributed by atoms with van der Waals surface area (Å²) in [5.74, 6) is 0. The van der Waals surface area contributed by atoms with E-state index in [4.69, 9.17) is 0 Å². The summed E-state index contributed by atoms with van der Waals surface area (Å²) in [4.78, 5) is 0. The van der Waals surface area contributed by atoms with Crippen molar-refractivity contribution >= 4 is 0 Å². The molecule has 12 heavy (non-hydrogen) atoms. The third-order valence-electron chi connectivity index (χ3n) is 2.72. The Balaban J connectivity index is 3.11. The molecule has 66 valence electrons. The van der Waals surface area contributed by atoms with Gasteiger partial charge in [0.2, 0.25) is 0 Å². The van der Waals surface area contributed by atoms with E-state index in [1.54, 1.807) is 0 Å². The lowest BCUT2D eigenvalue weighted by Crippen LogP contribution is -2.18. The van der Waals surface area contributed by atoms with Gasteiger partial charge >= 0.3 is 0 Å². The van der Waals surface area contributed by atoms with Crippen LogP contribution >= 0.6 is 0 Å². The predicted molar refractivity (Wildman–Crippen MR) is 55.1 cm³/mol. The molecule has 0 aromatic rings. The minimum absolute atomic E-state index is 0.216. The van der Waals surface area contributed by atoms with Gasteiger partial charge in [-0.25, -0.2) is 0 Å². The number of hydrogen-bond acceptors (Lipinski definition) is 0. The van der Waals surface area contributed by atoms with E-state index in [1.807, 2.05) is 0 Å². The Morgan fingerprint density at radius 1 is 1.58 bits per heavy atom. The molecule has 0 saturated heterocycles. The van der Waals surface area contributed by atoms with Crippen LogP contribution in [0.25, 0.3) is 0 Å². The van der Waals surface area contributed by atoms with E-state index in [1.165, 1.54) is 24.0 Å². The van der Waals surface area contributed by atoms with Crippen molar-refractivity contribution in [2.75, 3.05) is 0 Å². The second-order valence-electron chi connectivity index (χ2n) is 3.98. The first-order valence-electron chi connectivity index (χ1n) is 4.58. The van der Waals surface area contributed by atoms with E-state index in [9.17, 15) is 0 Å². The minimum atomic E-state index is 0.216. The van der Waals surface area contributed by atoms with Crippen LogP contribution in [-0.4, -0.2) is 0 Å². The van der Waals surface area contributed by atoms with Crippen LogP contribution < -0.4 is 0 Å². The predicted octanol–water partition coefficient (Wildman–Crippen LogP) is 3.87. The topological polar surface area (TPSA) is 0 Å². The lowest BCUT2D eigenvalue weighted by Gasteiger charge is -2.31. The first-order valence-corrected chi connectivity index (χ1v) is 4.58. The monoisotopic (exact) mass is 162 g/mol. The molecule has 0 saturated carbocycles. The van der Waals surface area contributed by atoms with Crippen molar-refractivity contribution in [3.63, 3.8) is 0 Å².